The van der Waals surface area contributed by atoms with E-state index in [-0.39, 0.29) is 0 Å². The summed E-state index contributed by atoms with van der Waals surface area (Å²) in [6, 6.07) is 7.67. The zero-order chi connectivity index (χ0) is 15.4. The lowest BCUT2D eigenvalue weighted by Crippen LogP contribution is -2.26. The van der Waals surface area contributed by atoms with E-state index in [4.69, 9.17) is 9.26 Å². The van der Waals surface area contributed by atoms with Crippen molar-refractivity contribution in [3.8, 4) is 17.2 Å². The second-order valence-corrected chi connectivity index (χ2v) is 5.92. The molecule has 0 atom stereocenters. The van der Waals surface area contributed by atoms with Crippen LogP contribution in [-0.4, -0.2) is 35.2 Å². The first kappa shape index (κ1) is 15.0. The van der Waals surface area contributed by atoms with Crippen LogP contribution in [0.5, 0.6) is 5.75 Å². The minimum atomic E-state index is 0.570. The molecule has 0 unspecified atom stereocenters. The Hall–Kier alpha value is -1.88. The summed E-state index contributed by atoms with van der Waals surface area (Å²) in [7, 11) is 1.65. The summed E-state index contributed by atoms with van der Waals surface area (Å²) in [5, 5.41) is 4.13. The van der Waals surface area contributed by atoms with Gasteiger partial charge in [0.1, 0.15) is 5.75 Å². The fourth-order valence-corrected chi connectivity index (χ4v) is 2.59. The fraction of sp³-hybridized carbons (Fsp3) is 0.529. The highest BCUT2D eigenvalue weighted by molar-refractivity contribution is 5.54. The van der Waals surface area contributed by atoms with Crippen LogP contribution in [0.15, 0.2) is 28.8 Å². The highest BCUT2D eigenvalue weighted by Crippen LogP contribution is 2.30. The van der Waals surface area contributed by atoms with Crippen LogP contribution in [0.2, 0.25) is 0 Å². The number of rotatable bonds is 8. The monoisotopic (exact) mass is 301 g/mol. The zero-order valence-electron chi connectivity index (χ0n) is 13.3. The van der Waals surface area contributed by atoms with E-state index in [1.54, 1.807) is 7.11 Å². The van der Waals surface area contributed by atoms with Crippen molar-refractivity contribution in [2.75, 3.05) is 20.2 Å². The van der Waals surface area contributed by atoms with E-state index in [2.05, 4.69) is 22.0 Å². The topological polar surface area (TPSA) is 51.4 Å². The van der Waals surface area contributed by atoms with Crippen molar-refractivity contribution >= 4 is 0 Å². The lowest BCUT2D eigenvalue weighted by Gasteiger charge is -2.19. The number of ether oxygens (including phenoxy) is 1. The van der Waals surface area contributed by atoms with Crippen LogP contribution in [0.25, 0.3) is 11.5 Å². The summed E-state index contributed by atoms with van der Waals surface area (Å²) in [4.78, 5) is 6.96. The van der Waals surface area contributed by atoms with E-state index in [0.29, 0.717) is 5.89 Å². The van der Waals surface area contributed by atoms with Crippen LogP contribution in [0.4, 0.5) is 0 Å². The first-order valence-electron chi connectivity index (χ1n) is 7.98. The van der Waals surface area contributed by atoms with Crippen molar-refractivity contribution in [2.45, 2.75) is 32.7 Å². The van der Waals surface area contributed by atoms with Gasteiger partial charge < -0.3 is 9.26 Å². The predicted octanol–water partition coefficient (Wildman–Crippen LogP) is 3.37. The average molecular weight is 301 g/mol. The zero-order valence-corrected chi connectivity index (χ0v) is 13.3. The molecule has 0 spiro atoms. The van der Waals surface area contributed by atoms with Crippen molar-refractivity contribution in [2.24, 2.45) is 5.92 Å². The van der Waals surface area contributed by atoms with Gasteiger partial charge in [0.2, 0.25) is 0 Å². The van der Waals surface area contributed by atoms with Crippen LogP contribution >= 0.6 is 0 Å². The standard InChI is InChI=1S/C17H23N3O2/c1-3-10-20(11-13-4-5-13)12-16-18-17(22-19-16)14-6-8-15(21-2)9-7-14/h6-9,13H,3-5,10-12H2,1-2H3. The molecule has 0 N–H and O–H groups in total. The summed E-state index contributed by atoms with van der Waals surface area (Å²) in [6.07, 6.45) is 3.88. The van der Waals surface area contributed by atoms with Gasteiger partial charge >= 0.3 is 0 Å². The SMILES string of the molecule is CCCN(Cc1noc(-c2ccc(OC)cc2)n1)CC1CC1. The maximum atomic E-state index is 5.40. The lowest BCUT2D eigenvalue weighted by molar-refractivity contribution is 0.245. The third-order valence-electron chi connectivity index (χ3n) is 3.92. The molecule has 5 nitrogen and oxygen atoms in total. The largest absolute Gasteiger partial charge is 0.497 e. The molecule has 22 heavy (non-hydrogen) atoms. The smallest absolute Gasteiger partial charge is 0.257 e. The van der Waals surface area contributed by atoms with Crippen LogP contribution < -0.4 is 4.74 Å². The van der Waals surface area contributed by atoms with Crippen molar-refractivity contribution < 1.29 is 9.26 Å². The molecule has 0 radical (unpaired) electrons. The van der Waals surface area contributed by atoms with Crippen molar-refractivity contribution in [1.82, 2.24) is 15.0 Å². The van der Waals surface area contributed by atoms with Crippen LogP contribution in [0, 0.1) is 5.92 Å². The van der Waals surface area contributed by atoms with E-state index in [1.165, 1.54) is 12.8 Å². The molecule has 0 saturated heterocycles. The molecule has 2 aromatic rings. The maximum Gasteiger partial charge on any atom is 0.257 e. The highest BCUT2D eigenvalue weighted by atomic mass is 16.5. The van der Waals surface area contributed by atoms with Gasteiger partial charge in [0, 0.05) is 12.1 Å². The normalized spacial score (nSPS) is 14.5. The van der Waals surface area contributed by atoms with E-state index in [1.807, 2.05) is 24.3 Å². The van der Waals surface area contributed by atoms with Crippen LogP contribution in [-0.2, 0) is 6.54 Å². The van der Waals surface area contributed by atoms with Gasteiger partial charge in [-0.2, -0.15) is 4.98 Å². The van der Waals surface area contributed by atoms with Gasteiger partial charge in [0.15, 0.2) is 5.82 Å². The van der Waals surface area contributed by atoms with E-state index >= 15 is 0 Å². The maximum absolute atomic E-state index is 5.40. The number of hydrogen-bond donors (Lipinski definition) is 0. The van der Waals surface area contributed by atoms with Crippen LogP contribution in [0.1, 0.15) is 32.0 Å². The van der Waals surface area contributed by atoms with Crippen LogP contribution in [0.3, 0.4) is 0 Å². The summed E-state index contributed by atoms with van der Waals surface area (Å²) >= 11 is 0. The van der Waals surface area contributed by atoms with Gasteiger partial charge in [-0.25, -0.2) is 0 Å². The van der Waals surface area contributed by atoms with E-state index in [9.17, 15) is 0 Å². The van der Waals surface area contributed by atoms with Crippen molar-refractivity contribution in [1.29, 1.82) is 0 Å². The third-order valence-corrected chi connectivity index (χ3v) is 3.92. The molecule has 1 aliphatic carbocycles. The second kappa shape index (κ2) is 6.92. The number of methoxy groups -OCH3 is 1. The fourth-order valence-electron chi connectivity index (χ4n) is 2.59. The van der Waals surface area contributed by atoms with E-state index < -0.39 is 0 Å². The molecule has 0 aliphatic heterocycles. The molecule has 1 aromatic heterocycles. The molecule has 1 heterocycles. The predicted molar refractivity (Wildman–Crippen MR) is 84.6 cm³/mol. The molecular weight excluding hydrogens is 278 g/mol. The Morgan fingerprint density at radius 1 is 1.27 bits per heavy atom. The Kier molecular flexibility index (Phi) is 4.73. The molecule has 1 aliphatic rings. The molecular formula is C17H23N3O2. The molecule has 1 saturated carbocycles. The number of nitrogens with zero attached hydrogens (tertiary/aromatic N) is 3. The lowest BCUT2D eigenvalue weighted by atomic mass is 10.2. The highest BCUT2D eigenvalue weighted by Gasteiger charge is 2.24. The summed E-state index contributed by atoms with van der Waals surface area (Å²) in [6.45, 7) is 5.21. The van der Waals surface area contributed by atoms with Crippen molar-refractivity contribution in [3.63, 3.8) is 0 Å². The summed E-state index contributed by atoms with van der Waals surface area (Å²) in [5.41, 5.74) is 0.920. The molecule has 0 bridgehead atoms. The Labute approximate surface area is 131 Å². The first-order valence-corrected chi connectivity index (χ1v) is 7.98. The van der Waals surface area contributed by atoms with Crippen molar-refractivity contribution in [3.05, 3.63) is 30.1 Å². The Balaban J connectivity index is 1.66. The molecule has 1 fully saturated rings. The van der Waals surface area contributed by atoms with Gasteiger partial charge in [-0.05, 0) is 56.0 Å². The number of benzene rings is 1. The van der Waals surface area contributed by atoms with Gasteiger partial charge in [-0.1, -0.05) is 12.1 Å². The summed E-state index contributed by atoms with van der Waals surface area (Å²) in [5.74, 6) is 3.03. The first-order chi connectivity index (χ1) is 10.8. The quantitative estimate of drug-likeness (QED) is 0.748. The molecule has 5 heteroatoms. The second-order valence-electron chi connectivity index (χ2n) is 5.92. The van der Waals surface area contributed by atoms with Gasteiger partial charge in [0.05, 0.1) is 13.7 Å². The average Bonchev–Trinajstić information content (AvgIpc) is 3.23. The molecule has 118 valence electrons. The van der Waals surface area contributed by atoms with Gasteiger partial charge in [-0.15, -0.1) is 0 Å². The minimum absolute atomic E-state index is 0.570. The Morgan fingerprint density at radius 2 is 2.05 bits per heavy atom. The van der Waals surface area contributed by atoms with Gasteiger partial charge in [-0.3, -0.25) is 4.90 Å². The van der Waals surface area contributed by atoms with E-state index in [0.717, 1.165) is 49.1 Å². The number of hydrogen-bond acceptors (Lipinski definition) is 5. The molecule has 3 rings (SSSR count). The molecule has 1 aromatic carbocycles. The molecule has 0 amide bonds. The van der Waals surface area contributed by atoms with Gasteiger partial charge in [0.25, 0.3) is 5.89 Å². The Morgan fingerprint density at radius 3 is 2.68 bits per heavy atom. The summed E-state index contributed by atoms with van der Waals surface area (Å²) < 4.78 is 10.6. The number of aromatic nitrogens is 2. The Bertz CT molecular complexity index is 590. The third kappa shape index (κ3) is 3.85. The minimum Gasteiger partial charge on any atom is -0.497 e.